The molecule has 0 aliphatic heterocycles. The molecule has 7 heavy (non-hydrogen) atoms. The van der Waals surface area contributed by atoms with Crippen LogP contribution in [0.5, 0.6) is 0 Å². The number of hydrogen-bond donors (Lipinski definition) is 2. The van der Waals surface area contributed by atoms with E-state index in [4.69, 9.17) is 5.73 Å². The number of carbonyl (C=O) groups excluding carboxylic acids is 1. The second-order valence-electron chi connectivity index (χ2n) is 1.27. The van der Waals surface area contributed by atoms with Crippen LogP contribution in [-0.2, 0) is 4.79 Å². The Morgan fingerprint density at radius 3 is 2.57 bits per heavy atom. The number of hydrogen-bond acceptors (Lipinski definition) is 3. The van der Waals surface area contributed by atoms with Crippen LogP contribution in [0.25, 0.3) is 0 Å². The maximum atomic E-state index is 9.82. The summed E-state index contributed by atoms with van der Waals surface area (Å²) in [6.07, 6.45) is 0.792. The summed E-state index contributed by atoms with van der Waals surface area (Å²) >= 11 is 0. The summed E-state index contributed by atoms with van der Waals surface area (Å²) in [7, 11) is 1.70. The SMILES string of the molecule is CNC(C=O)CN. The predicted octanol–water partition coefficient (Wildman–Crippen LogP) is -1.27. The second kappa shape index (κ2) is 3.77. The van der Waals surface area contributed by atoms with Crippen LogP contribution >= 0.6 is 0 Å². The minimum atomic E-state index is -0.167. The highest BCUT2D eigenvalue weighted by Crippen LogP contribution is 1.64. The Hall–Kier alpha value is -0.410. The van der Waals surface area contributed by atoms with E-state index in [1.54, 1.807) is 7.05 Å². The molecule has 0 heterocycles. The lowest BCUT2D eigenvalue weighted by atomic mass is 10.3. The van der Waals surface area contributed by atoms with Crippen molar-refractivity contribution in [2.75, 3.05) is 13.6 Å². The van der Waals surface area contributed by atoms with E-state index in [9.17, 15) is 4.79 Å². The molecule has 3 N–H and O–H groups in total. The van der Waals surface area contributed by atoms with E-state index in [2.05, 4.69) is 5.32 Å². The molecule has 3 nitrogen and oxygen atoms in total. The molecule has 42 valence electrons. The first-order valence-electron chi connectivity index (χ1n) is 2.17. The van der Waals surface area contributed by atoms with Crippen LogP contribution in [-0.4, -0.2) is 25.9 Å². The number of nitrogens with one attached hydrogen (secondary N) is 1. The van der Waals surface area contributed by atoms with Crippen molar-refractivity contribution in [1.29, 1.82) is 0 Å². The van der Waals surface area contributed by atoms with Gasteiger partial charge in [0.05, 0.1) is 6.04 Å². The van der Waals surface area contributed by atoms with Gasteiger partial charge in [0.25, 0.3) is 0 Å². The van der Waals surface area contributed by atoms with E-state index < -0.39 is 0 Å². The van der Waals surface area contributed by atoms with Crippen LogP contribution in [0.1, 0.15) is 0 Å². The summed E-state index contributed by atoms with van der Waals surface area (Å²) in [6, 6.07) is -0.167. The molecule has 0 spiro atoms. The van der Waals surface area contributed by atoms with Crippen LogP contribution in [0.2, 0.25) is 0 Å². The Morgan fingerprint density at radius 1 is 2.00 bits per heavy atom. The molecule has 0 aliphatic rings. The van der Waals surface area contributed by atoms with E-state index in [0.717, 1.165) is 6.29 Å². The molecular weight excluding hydrogens is 92.1 g/mol. The Kier molecular flexibility index (Phi) is 3.55. The van der Waals surface area contributed by atoms with Gasteiger partial charge in [0.2, 0.25) is 0 Å². The van der Waals surface area contributed by atoms with E-state index >= 15 is 0 Å². The van der Waals surface area contributed by atoms with Crippen molar-refractivity contribution >= 4 is 6.29 Å². The first-order chi connectivity index (χ1) is 3.35. The molecule has 0 bridgehead atoms. The molecule has 0 aliphatic carbocycles. The molecule has 1 atom stereocenters. The zero-order valence-corrected chi connectivity index (χ0v) is 4.35. The quantitative estimate of drug-likeness (QED) is 0.437. The van der Waals surface area contributed by atoms with Crippen molar-refractivity contribution in [3.63, 3.8) is 0 Å². The van der Waals surface area contributed by atoms with Gasteiger partial charge in [-0.1, -0.05) is 0 Å². The molecule has 0 fully saturated rings. The lowest BCUT2D eigenvalue weighted by Crippen LogP contribution is -2.34. The normalized spacial score (nSPS) is 13.4. The highest BCUT2D eigenvalue weighted by atomic mass is 16.1. The van der Waals surface area contributed by atoms with E-state index in [1.807, 2.05) is 0 Å². The van der Waals surface area contributed by atoms with Crippen molar-refractivity contribution in [2.45, 2.75) is 6.04 Å². The van der Waals surface area contributed by atoms with Gasteiger partial charge in [-0.2, -0.15) is 0 Å². The van der Waals surface area contributed by atoms with Gasteiger partial charge >= 0.3 is 0 Å². The Morgan fingerprint density at radius 2 is 2.57 bits per heavy atom. The topological polar surface area (TPSA) is 55.1 Å². The monoisotopic (exact) mass is 102 g/mol. The molecule has 0 saturated carbocycles. The zero-order chi connectivity index (χ0) is 5.70. The molecule has 0 aromatic heterocycles. The van der Waals surface area contributed by atoms with Gasteiger partial charge in [-0.3, -0.25) is 0 Å². The molecule has 0 amide bonds. The number of nitrogens with two attached hydrogens (primary N) is 1. The summed E-state index contributed by atoms with van der Waals surface area (Å²) in [5.74, 6) is 0. The third-order valence-corrected chi connectivity index (χ3v) is 0.789. The van der Waals surface area contributed by atoms with Crippen molar-refractivity contribution < 1.29 is 4.79 Å². The Bertz CT molecular complexity index is 51.7. The van der Waals surface area contributed by atoms with Gasteiger partial charge in [-0.15, -0.1) is 0 Å². The highest BCUT2D eigenvalue weighted by molar-refractivity contribution is 5.57. The fourth-order valence-corrected chi connectivity index (χ4v) is 0.241. The molecule has 0 aromatic rings. The Balaban J connectivity index is 3.16. The number of carbonyl (C=O) groups is 1. The van der Waals surface area contributed by atoms with E-state index in [1.165, 1.54) is 0 Å². The molecule has 3 heteroatoms. The van der Waals surface area contributed by atoms with Crippen molar-refractivity contribution in [1.82, 2.24) is 5.32 Å². The van der Waals surface area contributed by atoms with Gasteiger partial charge in [-0.25, -0.2) is 0 Å². The lowest BCUT2D eigenvalue weighted by molar-refractivity contribution is -0.109. The van der Waals surface area contributed by atoms with Crippen LogP contribution < -0.4 is 11.1 Å². The minimum absolute atomic E-state index is 0.167. The van der Waals surface area contributed by atoms with Crippen molar-refractivity contribution in [2.24, 2.45) is 5.73 Å². The average molecular weight is 102 g/mol. The van der Waals surface area contributed by atoms with Gasteiger partial charge in [0.1, 0.15) is 6.29 Å². The van der Waals surface area contributed by atoms with Gasteiger partial charge in [0, 0.05) is 6.54 Å². The molecule has 0 saturated heterocycles. The summed E-state index contributed by atoms with van der Waals surface area (Å²) < 4.78 is 0. The minimum Gasteiger partial charge on any atom is -0.329 e. The van der Waals surface area contributed by atoms with Crippen molar-refractivity contribution in [3.05, 3.63) is 0 Å². The van der Waals surface area contributed by atoms with Crippen LogP contribution in [0, 0.1) is 0 Å². The fourth-order valence-electron chi connectivity index (χ4n) is 0.241. The lowest BCUT2D eigenvalue weighted by Gasteiger charge is -2.00. The third-order valence-electron chi connectivity index (χ3n) is 0.789. The smallest absolute Gasteiger partial charge is 0.138 e. The maximum Gasteiger partial charge on any atom is 0.138 e. The van der Waals surface area contributed by atoms with E-state index in [-0.39, 0.29) is 6.04 Å². The standard InChI is InChI=1S/C4H10N2O/c1-6-4(2-5)3-7/h3-4,6H,2,5H2,1H3. The third kappa shape index (κ3) is 2.31. The largest absolute Gasteiger partial charge is 0.329 e. The highest BCUT2D eigenvalue weighted by Gasteiger charge is 1.95. The summed E-state index contributed by atoms with van der Waals surface area (Å²) in [5.41, 5.74) is 5.10. The van der Waals surface area contributed by atoms with Gasteiger partial charge in [0.15, 0.2) is 0 Å². The van der Waals surface area contributed by atoms with Gasteiger partial charge < -0.3 is 15.8 Å². The van der Waals surface area contributed by atoms with Crippen LogP contribution in [0.4, 0.5) is 0 Å². The summed E-state index contributed by atoms with van der Waals surface area (Å²) in [5, 5.41) is 2.71. The van der Waals surface area contributed by atoms with Crippen LogP contribution in [0.15, 0.2) is 0 Å². The molecule has 0 radical (unpaired) electrons. The number of rotatable bonds is 3. The maximum absolute atomic E-state index is 9.82. The molecular formula is C4H10N2O. The van der Waals surface area contributed by atoms with Crippen molar-refractivity contribution in [3.8, 4) is 0 Å². The zero-order valence-electron chi connectivity index (χ0n) is 4.35. The Labute approximate surface area is 42.9 Å². The molecule has 0 rings (SSSR count). The first kappa shape index (κ1) is 6.59. The first-order valence-corrected chi connectivity index (χ1v) is 2.17. The number of likely N-dealkylation sites (N-methyl/N-ethyl adjacent to an activating group) is 1. The summed E-state index contributed by atoms with van der Waals surface area (Å²) in [6.45, 7) is 0.375. The van der Waals surface area contributed by atoms with E-state index in [0.29, 0.717) is 6.54 Å². The number of aldehydes is 1. The summed E-state index contributed by atoms with van der Waals surface area (Å²) in [4.78, 5) is 9.82. The predicted molar refractivity (Wildman–Crippen MR) is 28.0 cm³/mol. The molecule has 0 aromatic carbocycles. The average Bonchev–Trinajstić information content (AvgIpc) is 1.72. The second-order valence-corrected chi connectivity index (χ2v) is 1.27. The molecule has 1 unspecified atom stereocenters. The fraction of sp³-hybridized carbons (Fsp3) is 0.750. The van der Waals surface area contributed by atoms with Crippen LogP contribution in [0.3, 0.4) is 0 Å². The van der Waals surface area contributed by atoms with Gasteiger partial charge in [-0.05, 0) is 7.05 Å².